The number of ether oxygens (including phenoxy) is 2. The van der Waals surface area contributed by atoms with Crippen LogP contribution in [0.1, 0.15) is 16.8 Å². The Morgan fingerprint density at radius 1 is 1.35 bits per heavy atom. The van der Waals surface area contributed by atoms with Crippen LogP contribution in [0, 0.1) is 0 Å². The monoisotopic (exact) mass is 386 g/mol. The third kappa shape index (κ3) is 5.01. The van der Waals surface area contributed by atoms with Crippen molar-refractivity contribution >= 4 is 21.9 Å². The number of carbonyl (C=O) groups excluding carboxylic acids is 1. The largest absolute Gasteiger partial charge is 0.480 e. The van der Waals surface area contributed by atoms with Crippen LogP contribution in [0.3, 0.4) is 0 Å². The van der Waals surface area contributed by atoms with E-state index in [-0.39, 0.29) is 36.6 Å². The van der Waals surface area contributed by atoms with Gasteiger partial charge in [0, 0.05) is 38.8 Å². The molecule has 2 rings (SSSR count). The summed E-state index contributed by atoms with van der Waals surface area (Å²) in [6.07, 6.45) is 0.101. The minimum absolute atomic E-state index is 0.0178. The summed E-state index contributed by atoms with van der Waals surface area (Å²) in [5.74, 6) is -1.85. The number of nitrogens with zero attached hydrogens (tertiary/aromatic N) is 1. The van der Waals surface area contributed by atoms with Crippen LogP contribution >= 0.6 is 0 Å². The van der Waals surface area contributed by atoms with E-state index in [9.17, 15) is 18.0 Å². The molecule has 1 unspecified atom stereocenters. The molecule has 10 heteroatoms. The number of aliphatic carboxylic acids is 1. The number of sulfonamides is 1. The highest BCUT2D eigenvalue weighted by molar-refractivity contribution is 7.89. The van der Waals surface area contributed by atoms with Gasteiger partial charge in [0.2, 0.25) is 10.0 Å². The lowest BCUT2D eigenvalue weighted by atomic mass is 10.1. The lowest BCUT2D eigenvalue weighted by Gasteiger charge is -2.26. The molecule has 0 bridgehead atoms. The van der Waals surface area contributed by atoms with Gasteiger partial charge in [0.05, 0.1) is 18.1 Å². The van der Waals surface area contributed by atoms with Crippen LogP contribution in [-0.2, 0) is 24.3 Å². The maximum atomic E-state index is 12.7. The minimum atomic E-state index is -3.74. The van der Waals surface area contributed by atoms with Gasteiger partial charge in [0.15, 0.2) is 0 Å². The topological polar surface area (TPSA) is 122 Å². The highest BCUT2D eigenvalue weighted by atomic mass is 32.2. The maximum Gasteiger partial charge on any atom is 0.326 e. The summed E-state index contributed by atoms with van der Waals surface area (Å²) >= 11 is 0. The molecule has 1 aliphatic heterocycles. The Balaban J connectivity index is 2.17. The number of carbonyl (C=O) groups is 2. The van der Waals surface area contributed by atoms with E-state index in [1.54, 1.807) is 0 Å². The summed E-state index contributed by atoms with van der Waals surface area (Å²) in [5.41, 5.74) is 0.0722. The van der Waals surface area contributed by atoms with E-state index >= 15 is 0 Å². The summed E-state index contributed by atoms with van der Waals surface area (Å²) in [4.78, 5) is 23.5. The second-order valence-electron chi connectivity index (χ2n) is 5.69. The normalized spacial score (nSPS) is 16.8. The van der Waals surface area contributed by atoms with E-state index in [1.807, 2.05) is 0 Å². The molecule has 1 heterocycles. The molecule has 144 valence electrons. The standard InChI is InChI=1S/C16H22N2O7S/c1-24-8-5-14(16(20)21)17-15(19)12-3-2-4-13(11-12)26(22,23)18-6-9-25-10-7-18/h2-4,11,14H,5-10H2,1H3,(H,17,19)(H,20,21). The van der Waals surface area contributed by atoms with E-state index in [1.165, 1.54) is 35.7 Å². The lowest BCUT2D eigenvalue weighted by Crippen LogP contribution is -2.42. The fourth-order valence-electron chi connectivity index (χ4n) is 2.47. The molecule has 0 spiro atoms. The maximum absolute atomic E-state index is 12.7. The first-order valence-electron chi connectivity index (χ1n) is 8.07. The van der Waals surface area contributed by atoms with Gasteiger partial charge in [-0.05, 0) is 18.2 Å². The Morgan fingerprint density at radius 3 is 2.65 bits per heavy atom. The molecule has 1 amide bonds. The van der Waals surface area contributed by atoms with Crippen molar-refractivity contribution in [3.05, 3.63) is 29.8 Å². The van der Waals surface area contributed by atoms with Gasteiger partial charge in [-0.15, -0.1) is 0 Å². The van der Waals surface area contributed by atoms with Crippen LogP contribution in [0.4, 0.5) is 0 Å². The predicted molar refractivity (Wildman–Crippen MR) is 91.4 cm³/mol. The molecule has 2 N–H and O–H groups in total. The van der Waals surface area contributed by atoms with Crippen molar-refractivity contribution in [3.63, 3.8) is 0 Å². The van der Waals surface area contributed by atoms with Gasteiger partial charge in [-0.1, -0.05) is 6.07 Å². The van der Waals surface area contributed by atoms with Crippen molar-refractivity contribution in [2.24, 2.45) is 0 Å². The number of morpholine rings is 1. The molecular formula is C16H22N2O7S. The van der Waals surface area contributed by atoms with Crippen LogP contribution in [0.25, 0.3) is 0 Å². The van der Waals surface area contributed by atoms with Crippen molar-refractivity contribution in [2.75, 3.05) is 40.0 Å². The second-order valence-corrected chi connectivity index (χ2v) is 7.63. The zero-order valence-electron chi connectivity index (χ0n) is 14.4. The molecule has 1 fully saturated rings. The van der Waals surface area contributed by atoms with Crippen LogP contribution in [0.2, 0.25) is 0 Å². The van der Waals surface area contributed by atoms with Crippen molar-refractivity contribution in [1.82, 2.24) is 9.62 Å². The van der Waals surface area contributed by atoms with Crippen LogP contribution in [0.5, 0.6) is 0 Å². The number of hydrogen-bond acceptors (Lipinski definition) is 6. The van der Waals surface area contributed by atoms with Crippen LogP contribution in [-0.4, -0.2) is 75.8 Å². The first-order chi connectivity index (χ1) is 12.4. The number of rotatable bonds is 8. The SMILES string of the molecule is COCCC(NC(=O)c1cccc(S(=O)(=O)N2CCOCC2)c1)C(=O)O. The molecule has 1 saturated heterocycles. The van der Waals surface area contributed by atoms with Gasteiger partial charge in [-0.25, -0.2) is 13.2 Å². The number of nitrogens with one attached hydrogen (secondary N) is 1. The number of carboxylic acids is 1. The average molecular weight is 386 g/mol. The van der Waals surface area contributed by atoms with Gasteiger partial charge in [-0.2, -0.15) is 4.31 Å². The smallest absolute Gasteiger partial charge is 0.326 e. The number of methoxy groups -OCH3 is 1. The average Bonchev–Trinajstić information content (AvgIpc) is 2.65. The summed E-state index contributed by atoms with van der Waals surface area (Å²) in [7, 11) is -2.31. The van der Waals surface area contributed by atoms with E-state index in [2.05, 4.69) is 5.32 Å². The predicted octanol–water partition coefficient (Wildman–Crippen LogP) is -0.0730. The first-order valence-corrected chi connectivity index (χ1v) is 9.51. The highest BCUT2D eigenvalue weighted by Gasteiger charge is 2.27. The molecule has 0 aromatic heterocycles. The molecule has 0 aliphatic carbocycles. The Bertz CT molecular complexity index is 745. The Morgan fingerprint density at radius 2 is 2.04 bits per heavy atom. The molecule has 1 aromatic carbocycles. The van der Waals surface area contributed by atoms with Crippen molar-refractivity contribution in [3.8, 4) is 0 Å². The molecule has 9 nitrogen and oxygen atoms in total. The molecule has 0 radical (unpaired) electrons. The summed E-state index contributed by atoms with van der Waals surface area (Å²) in [5, 5.41) is 11.5. The molecule has 0 saturated carbocycles. The molecule has 1 aliphatic rings. The van der Waals surface area contributed by atoms with Crippen molar-refractivity contribution < 1.29 is 32.6 Å². The minimum Gasteiger partial charge on any atom is -0.480 e. The lowest BCUT2D eigenvalue weighted by molar-refractivity contribution is -0.139. The van der Waals surface area contributed by atoms with Crippen molar-refractivity contribution in [2.45, 2.75) is 17.4 Å². The third-order valence-corrected chi connectivity index (χ3v) is 5.81. The number of hydrogen-bond donors (Lipinski definition) is 2. The number of amides is 1. The van der Waals surface area contributed by atoms with Gasteiger partial charge in [0.25, 0.3) is 5.91 Å². The summed E-state index contributed by atoms with van der Waals surface area (Å²) in [6, 6.07) is 4.41. The van der Waals surface area contributed by atoms with Crippen molar-refractivity contribution in [1.29, 1.82) is 0 Å². The Labute approximate surface area is 151 Å². The van der Waals surface area contributed by atoms with Gasteiger partial charge in [0.1, 0.15) is 6.04 Å². The molecular weight excluding hydrogens is 364 g/mol. The molecule has 1 atom stereocenters. The Kier molecular flexibility index (Phi) is 7.09. The fourth-order valence-corrected chi connectivity index (χ4v) is 3.92. The molecule has 26 heavy (non-hydrogen) atoms. The van der Waals surface area contributed by atoms with E-state index in [0.717, 1.165) is 0 Å². The number of carboxylic acid groups (broad SMARTS) is 1. The molecule has 1 aromatic rings. The quantitative estimate of drug-likeness (QED) is 0.641. The van der Waals surface area contributed by atoms with E-state index < -0.39 is 27.9 Å². The van der Waals surface area contributed by atoms with Gasteiger partial charge < -0.3 is 19.9 Å². The highest BCUT2D eigenvalue weighted by Crippen LogP contribution is 2.18. The zero-order chi connectivity index (χ0) is 19.2. The summed E-state index contributed by atoms with van der Waals surface area (Å²) < 4.78 is 36.6. The zero-order valence-corrected chi connectivity index (χ0v) is 15.2. The van der Waals surface area contributed by atoms with Gasteiger partial charge in [-0.3, -0.25) is 4.79 Å². The van der Waals surface area contributed by atoms with E-state index in [0.29, 0.717) is 13.2 Å². The first kappa shape index (κ1) is 20.3. The number of benzene rings is 1. The second kappa shape index (κ2) is 9.08. The summed E-state index contributed by atoms with van der Waals surface area (Å²) in [6.45, 7) is 1.30. The van der Waals surface area contributed by atoms with E-state index in [4.69, 9.17) is 14.6 Å². The third-order valence-electron chi connectivity index (χ3n) is 3.92. The fraction of sp³-hybridized carbons (Fsp3) is 0.500. The van der Waals surface area contributed by atoms with Crippen LogP contribution < -0.4 is 5.32 Å². The Hall–Kier alpha value is -2.01. The van der Waals surface area contributed by atoms with Gasteiger partial charge >= 0.3 is 5.97 Å². The van der Waals surface area contributed by atoms with Crippen LogP contribution in [0.15, 0.2) is 29.2 Å².